The van der Waals surface area contributed by atoms with Gasteiger partial charge in [0.05, 0.1) is 4.90 Å². The fourth-order valence-corrected chi connectivity index (χ4v) is 6.53. The van der Waals surface area contributed by atoms with Gasteiger partial charge in [-0.1, -0.05) is 24.6 Å². The lowest BCUT2D eigenvalue weighted by molar-refractivity contribution is -0.138. The van der Waals surface area contributed by atoms with Gasteiger partial charge in [-0.25, -0.2) is 8.42 Å². The Morgan fingerprint density at radius 3 is 2.07 bits per heavy atom. The molecule has 0 aliphatic carbocycles. The number of likely N-dealkylation sites (tertiary alicyclic amines) is 1. The number of amides is 1. The van der Waals surface area contributed by atoms with E-state index in [1.165, 1.54) is 30.2 Å². The lowest BCUT2D eigenvalue weighted by atomic mass is 10.0. The van der Waals surface area contributed by atoms with Crippen LogP contribution in [0.3, 0.4) is 0 Å². The van der Waals surface area contributed by atoms with Gasteiger partial charge in [-0.2, -0.15) is 4.31 Å². The fraction of sp³-hybridized carbons (Fsp3) is 0.682. The molecule has 0 spiro atoms. The van der Waals surface area contributed by atoms with Crippen molar-refractivity contribution in [3.63, 3.8) is 0 Å². The van der Waals surface area contributed by atoms with Gasteiger partial charge >= 0.3 is 0 Å². The van der Waals surface area contributed by atoms with E-state index in [1.54, 1.807) is 30.3 Å². The van der Waals surface area contributed by atoms with Crippen molar-refractivity contribution in [3.8, 4) is 0 Å². The van der Waals surface area contributed by atoms with E-state index >= 15 is 0 Å². The molecule has 1 atom stereocenters. The maximum atomic E-state index is 13.3. The van der Waals surface area contributed by atoms with Gasteiger partial charge in [0.1, 0.15) is 6.04 Å². The molecule has 1 aromatic carbocycles. The first-order chi connectivity index (χ1) is 14.6. The fourth-order valence-electron chi connectivity index (χ4n) is 4.86. The highest BCUT2D eigenvalue weighted by atomic mass is 32.2. The van der Waals surface area contributed by atoms with E-state index in [0.717, 1.165) is 39.0 Å². The van der Waals surface area contributed by atoms with Crippen LogP contribution in [0.15, 0.2) is 35.2 Å². The highest BCUT2D eigenvalue weighted by molar-refractivity contribution is 7.89. The standard InChI is InChI=1S/C22H34N4O3S/c27-22(25-18-16-24(17-19-25)15-14-23-11-6-7-12-23)21-10-4-5-13-26(21)30(28,29)20-8-2-1-3-9-20/h1-3,8-9,21H,4-7,10-19H2. The van der Waals surface area contributed by atoms with Gasteiger partial charge in [-0.05, 0) is 50.9 Å². The summed E-state index contributed by atoms with van der Waals surface area (Å²) >= 11 is 0. The minimum absolute atomic E-state index is 0.0200. The molecule has 3 aliphatic rings. The van der Waals surface area contributed by atoms with Crippen molar-refractivity contribution in [3.05, 3.63) is 30.3 Å². The summed E-state index contributed by atoms with van der Waals surface area (Å²) in [4.78, 5) is 20.4. The normalized spacial score (nSPS) is 24.9. The van der Waals surface area contributed by atoms with Crippen molar-refractivity contribution in [2.24, 2.45) is 0 Å². The molecule has 3 fully saturated rings. The van der Waals surface area contributed by atoms with E-state index in [2.05, 4.69) is 9.80 Å². The molecule has 8 heteroatoms. The van der Waals surface area contributed by atoms with Gasteiger partial charge in [0, 0.05) is 45.8 Å². The molecule has 30 heavy (non-hydrogen) atoms. The molecular formula is C22H34N4O3S. The van der Waals surface area contributed by atoms with Gasteiger partial charge < -0.3 is 9.80 Å². The quantitative estimate of drug-likeness (QED) is 0.679. The molecule has 4 rings (SSSR count). The molecule has 1 amide bonds. The predicted octanol–water partition coefficient (Wildman–Crippen LogP) is 1.47. The largest absolute Gasteiger partial charge is 0.339 e. The Balaban J connectivity index is 1.36. The van der Waals surface area contributed by atoms with E-state index in [0.29, 0.717) is 26.1 Å². The summed E-state index contributed by atoms with van der Waals surface area (Å²) in [5.41, 5.74) is 0. The highest BCUT2D eigenvalue weighted by Crippen LogP contribution is 2.27. The number of rotatable bonds is 6. The molecule has 3 aliphatic heterocycles. The summed E-state index contributed by atoms with van der Waals surface area (Å²) in [6.45, 7) is 8.14. The van der Waals surface area contributed by atoms with E-state index < -0.39 is 16.1 Å². The van der Waals surface area contributed by atoms with Crippen molar-refractivity contribution in [2.75, 3.05) is 58.9 Å². The topological polar surface area (TPSA) is 64.2 Å². The summed E-state index contributed by atoms with van der Waals surface area (Å²) in [6, 6.07) is 7.93. The third-order valence-corrected chi connectivity index (χ3v) is 8.63. The van der Waals surface area contributed by atoms with Gasteiger partial charge in [0.15, 0.2) is 0 Å². The van der Waals surface area contributed by atoms with Gasteiger partial charge in [0.2, 0.25) is 15.9 Å². The van der Waals surface area contributed by atoms with Crippen LogP contribution < -0.4 is 0 Å². The zero-order valence-electron chi connectivity index (χ0n) is 17.8. The number of hydrogen-bond acceptors (Lipinski definition) is 5. The maximum Gasteiger partial charge on any atom is 0.243 e. The Morgan fingerprint density at radius 2 is 1.40 bits per heavy atom. The van der Waals surface area contributed by atoms with Gasteiger partial charge in [-0.15, -0.1) is 0 Å². The van der Waals surface area contributed by atoms with Crippen LogP contribution in [-0.2, 0) is 14.8 Å². The molecule has 1 aromatic rings. The summed E-state index contributed by atoms with van der Waals surface area (Å²) in [5, 5.41) is 0. The number of carbonyl (C=O) groups excluding carboxylic acids is 1. The van der Waals surface area contributed by atoms with E-state index in [1.807, 2.05) is 4.90 Å². The zero-order chi connectivity index (χ0) is 21.0. The first-order valence-electron chi connectivity index (χ1n) is 11.4. The van der Waals surface area contributed by atoms with Crippen LogP contribution in [0.4, 0.5) is 0 Å². The lowest BCUT2D eigenvalue weighted by Crippen LogP contribution is -2.57. The number of piperazine rings is 1. The first kappa shape index (κ1) is 21.7. The molecule has 166 valence electrons. The van der Waals surface area contributed by atoms with Crippen LogP contribution in [0.2, 0.25) is 0 Å². The minimum atomic E-state index is -3.65. The van der Waals surface area contributed by atoms with E-state index in [9.17, 15) is 13.2 Å². The summed E-state index contributed by atoms with van der Waals surface area (Å²) < 4.78 is 27.8. The van der Waals surface area contributed by atoms with Crippen LogP contribution in [-0.4, -0.2) is 98.3 Å². The average Bonchev–Trinajstić information content (AvgIpc) is 3.32. The number of sulfonamides is 1. The molecule has 0 bridgehead atoms. The van der Waals surface area contributed by atoms with Crippen molar-refractivity contribution in [2.45, 2.75) is 43.0 Å². The molecule has 0 saturated carbocycles. The third kappa shape index (κ3) is 4.88. The molecule has 0 N–H and O–H groups in total. The maximum absolute atomic E-state index is 13.3. The summed E-state index contributed by atoms with van der Waals surface area (Å²) in [6.07, 6.45) is 4.94. The van der Waals surface area contributed by atoms with Gasteiger partial charge in [0.25, 0.3) is 0 Å². The van der Waals surface area contributed by atoms with Crippen LogP contribution in [0.1, 0.15) is 32.1 Å². The van der Waals surface area contributed by atoms with Crippen LogP contribution in [0.25, 0.3) is 0 Å². The molecule has 0 radical (unpaired) electrons. The number of piperidine rings is 1. The molecule has 1 unspecified atom stereocenters. The van der Waals surface area contributed by atoms with Crippen molar-refractivity contribution >= 4 is 15.9 Å². The number of nitrogens with zero attached hydrogens (tertiary/aromatic N) is 4. The summed E-state index contributed by atoms with van der Waals surface area (Å²) in [7, 11) is -3.65. The molecule has 0 aromatic heterocycles. The molecule has 3 heterocycles. The van der Waals surface area contributed by atoms with Crippen LogP contribution in [0, 0.1) is 0 Å². The minimum Gasteiger partial charge on any atom is -0.339 e. The SMILES string of the molecule is O=C(C1CCCCN1S(=O)(=O)c1ccccc1)N1CCN(CCN2CCCC2)CC1. The van der Waals surface area contributed by atoms with Crippen molar-refractivity contribution in [1.82, 2.24) is 19.0 Å². The second-order valence-corrected chi connectivity index (χ2v) is 10.5. The zero-order valence-corrected chi connectivity index (χ0v) is 18.6. The highest BCUT2D eigenvalue weighted by Gasteiger charge is 2.39. The lowest BCUT2D eigenvalue weighted by Gasteiger charge is -2.40. The number of carbonyl (C=O) groups is 1. The van der Waals surface area contributed by atoms with E-state index in [4.69, 9.17) is 0 Å². The third-order valence-electron chi connectivity index (χ3n) is 6.70. The monoisotopic (exact) mass is 434 g/mol. The molecule has 7 nitrogen and oxygen atoms in total. The Morgan fingerprint density at radius 1 is 0.800 bits per heavy atom. The Labute approximate surface area is 180 Å². The van der Waals surface area contributed by atoms with Crippen LogP contribution in [0.5, 0.6) is 0 Å². The first-order valence-corrected chi connectivity index (χ1v) is 12.8. The van der Waals surface area contributed by atoms with Crippen molar-refractivity contribution < 1.29 is 13.2 Å². The van der Waals surface area contributed by atoms with Gasteiger partial charge in [-0.3, -0.25) is 9.69 Å². The second kappa shape index (κ2) is 9.77. The molecular weight excluding hydrogens is 400 g/mol. The average molecular weight is 435 g/mol. The van der Waals surface area contributed by atoms with E-state index in [-0.39, 0.29) is 10.8 Å². The number of benzene rings is 1. The Bertz CT molecular complexity index is 803. The summed E-state index contributed by atoms with van der Waals surface area (Å²) in [5.74, 6) is -0.0200. The van der Waals surface area contributed by atoms with Crippen molar-refractivity contribution in [1.29, 1.82) is 0 Å². The van der Waals surface area contributed by atoms with Crippen LogP contribution >= 0.6 is 0 Å². The smallest absolute Gasteiger partial charge is 0.243 e. The predicted molar refractivity (Wildman–Crippen MR) is 117 cm³/mol. The molecule has 3 saturated heterocycles. The second-order valence-electron chi connectivity index (χ2n) is 8.66. The Kier molecular flexibility index (Phi) is 7.08. The Hall–Kier alpha value is -1.48. The number of hydrogen-bond donors (Lipinski definition) is 0.